The van der Waals surface area contributed by atoms with Gasteiger partial charge in [0.05, 0.1) is 11.3 Å². The summed E-state index contributed by atoms with van der Waals surface area (Å²) in [6.45, 7) is 0. The number of benzene rings is 5. The molecule has 7 aromatic rings. The summed E-state index contributed by atoms with van der Waals surface area (Å²) in [6, 6.07) is 35.5. The van der Waals surface area contributed by atoms with Crippen molar-refractivity contribution in [3.63, 3.8) is 0 Å². The first-order valence-corrected chi connectivity index (χ1v) is 12.5. The monoisotopic (exact) mass is 510 g/mol. The van der Waals surface area contributed by atoms with Crippen molar-refractivity contribution in [2.45, 2.75) is 0 Å². The summed E-state index contributed by atoms with van der Waals surface area (Å²) in [5.74, 6) is -0.618. The Labute approximate surface area is 223 Å². The molecular weight excluding hydrogens is 490 g/mol. The maximum absolute atomic E-state index is 13.6. The normalized spacial score (nSPS) is 11.3. The van der Waals surface area contributed by atoms with Crippen LogP contribution in [0.5, 0.6) is 0 Å². The molecule has 0 spiro atoms. The number of para-hydroxylation sites is 2. The van der Waals surface area contributed by atoms with Crippen LogP contribution in [0.15, 0.2) is 126 Å². The average molecular weight is 511 g/mol. The van der Waals surface area contributed by atoms with E-state index in [0.717, 1.165) is 61.4 Å². The van der Waals surface area contributed by atoms with Gasteiger partial charge in [-0.2, -0.15) is 0 Å². The zero-order valence-electron chi connectivity index (χ0n) is 20.6. The lowest BCUT2D eigenvalue weighted by atomic mass is 9.97. The van der Waals surface area contributed by atoms with Gasteiger partial charge in [0.1, 0.15) is 17.2 Å². The minimum Gasteiger partial charge on any atom is -0.436 e. The van der Waals surface area contributed by atoms with E-state index >= 15 is 0 Å². The Morgan fingerprint density at radius 1 is 0.513 bits per heavy atom. The number of hydrogen-bond acceptors (Lipinski definition) is 3. The molecule has 0 N–H and O–H groups in total. The third kappa shape index (κ3) is 4.44. The van der Waals surface area contributed by atoms with Crippen LogP contribution in [0.4, 0.5) is 8.78 Å². The Morgan fingerprint density at radius 2 is 1.13 bits per heavy atom. The molecule has 0 saturated carbocycles. The molecule has 7 rings (SSSR count). The largest absolute Gasteiger partial charge is 0.436 e. The van der Waals surface area contributed by atoms with E-state index in [1.54, 1.807) is 6.20 Å². The van der Waals surface area contributed by atoms with E-state index in [2.05, 4.69) is 46.4 Å². The van der Waals surface area contributed by atoms with E-state index in [-0.39, 0.29) is 0 Å². The number of oxazole rings is 1. The maximum Gasteiger partial charge on any atom is 0.228 e. The van der Waals surface area contributed by atoms with Crippen molar-refractivity contribution in [2.24, 2.45) is 0 Å². The highest BCUT2D eigenvalue weighted by Gasteiger charge is 2.10. The Morgan fingerprint density at radius 3 is 1.82 bits per heavy atom. The summed E-state index contributed by atoms with van der Waals surface area (Å²) in [7, 11) is 0. The molecule has 5 aromatic carbocycles. The predicted octanol–water partition coefficient (Wildman–Crippen LogP) is 9.32. The number of rotatable bonds is 4. The molecule has 0 bridgehead atoms. The van der Waals surface area contributed by atoms with Crippen LogP contribution in [0, 0.1) is 11.6 Å². The lowest BCUT2D eigenvalue weighted by molar-refractivity contribution is 0.584. The van der Waals surface area contributed by atoms with Crippen molar-refractivity contribution < 1.29 is 13.2 Å². The number of pyridine rings is 1. The molecule has 39 heavy (non-hydrogen) atoms. The number of nitrogens with zero attached hydrogens (tertiary/aromatic N) is 2. The smallest absolute Gasteiger partial charge is 0.228 e. The molecule has 186 valence electrons. The van der Waals surface area contributed by atoms with Crippen LogP contribution in [-0.4, -0.2) is 9.97 Å². The third-order valence-corrected chi connectivity index (χ3v) is 6.85. The van der Waals surface area contributed by atoms with Gasteiger partial charge in [-0.15, -0.1) is 0 Å². The number of hydrogen-bond donors (Lipinski definition) is 0. The average Bonchev–Trinajstić information content (AvgIpc) is 3.41. The Hall–Kier alpha value is -5.16. The second-order valence-corrected chi connectivity index (χ2v) is 9.43. The SMILES string of the molecule is Fc1cc(F)cc(-c2ccc(-c3ccc4cc(-c5ccc(-c6nc7ccccc7o6)cn5)ccc4c3)cc2)c1. The lowest BCUT2D eigenvalue weighted by Gasteiger charge is -2.08. The highest BCUT2D eigenvalue weighted by molar-refractivity contribution is 5.90. The molecule has 0 unspecified atom stereocenters. The van der Waals surface area contributed by atoms with Gasteiger partial charge in [-0.1, -0.05) is 60.7 Å². The third-order valence-electron chi connectivity index (χ3n) is 6.85. The first kappa shape index (κ1) is 23.0. The fourth-order valence-electron chi connectivity index (χ4n) is 4.85. The van der Waals surface area contributed by atoms with Gasteiger partial charge in [0, 0.05) is 17.8 Å². The molecule has 0 atom stereocenters. The summed E-state index contributed by atoms with van der Waals surface area (Å²) in [5.41, 5.74) is 7.65. The molecular formula is C34H20F2N2O. The van der Waals surface area contributed by atoms with Crippen LogP contribution in [0.3, 0.4) is 0 Å². The number of aromatic nitrogens is 2. The summed E-state index contributed by atoms with van der Waals surface area (Å²) in [5, 5.41) is 2.21. The molecule has 2 aromatic heterocycles. The molecule has 0 radical (unpaired) electrons. The van der Waals surface area contributed by atoms with Crippen LogP contribution in [0.2, 0.25) is 0 Å². The maximum atomic E-state index is 13.6. The fourth-order valence-corrected chi connectivity index (χ4v) is 4.85. The van der Waals surface area contributed by atoms with Gasteiger partial charge in [-0.25, -0.2) is 13.8 Å². The standard InChI is InChI=1S/C34H20F2N2O/c35-29-17-28(18-30(36)19-29)22-7-5-21(6-8-22)23-9-10-25-16-26(12-11-24(25)15-23)31-14-13-27(20-37-31)34-38-32-3-1-2-4-33(32)39-34/h1-20H. The van der Waals surface area contributed by atoms with E-state index in [4.69, 9.17) is 4.42 Å². The second-order valence-electron chi connectivity index (χ2n) is 9.43. The Bertz CT molecular complexity index is 1920. The van der Waals surface area contributed by atoms with Crippen LogP contribution >= 0.6 is 0 Å². The molecule has 0 fully saturated rings. The van der Waals surface area contributed by atoms with Crippen molar-refractivity contribution in [2.75, 3.05) is 0 Å². The topological polar surface area (TPSA) is 38.9 Å². The summed E-state index contributed by atoms with van der Waals surface area (Å²) >= 11 is 0. The quantitative estimate of drug-likeness (QED) is 0.237. The van der Waals surface area contributed by atoms with Crippen LogP contribution in [-0.2, 0) is 0 Å². The molecule has 0 saturated heterocycles. The minimum absolute atomic E-state index is 0.514. The van der Waals surface area contributed by atoms with Crippen molar-refractivity contribution in [3.05, 3.63) is 133 Å². The minimum atomic E-state index is -0.586. The highest BCUT2D eigenvalue weighted by Crippen LogP contribution is 2.31. The van der Waals surface area contributed by atoms with Gasteiger partial charge < -0.3 is 4.42 Å². The lowest BCUT2D eigenvalue weighted by Crippen LogP contribution is -1.87. The van der Waals surface area contributed by atoms with Crippen LogP contribution < -0.4 is 0 Å². The van der Waals surface area contributed by atoms with Crippen LogP contribution in [0.1, 0.15) is 0 Å². The molecule has 0 aliphatic rings. The summed E-state index contributed by atoms with van der Waals surface area (Å²) < 4.78 is 33.1. The van der Waals surface area contributed by atoms with E-state index in [1.165, 1.54) is 12.1 Å². The van der Waals surface area contributed by atoms with Crippen molar-refractivity contribution in [3.8, 4) is 45.0 Å². The van der Waals surface area contributed by atoms with E-state index in [0.29, 0.717) is 11.5 Å². The second kappa shape index (κ2) is 9.30. The Balaban J connectivity index is 1.14. The van der Waals surface area contributed by atoms with Crippen LogP contribution in [0.25, 0.3) is 66.8 Å². The van der Waals surface area contributed by atoms with Crippen molar-refractivity contribution in [1.29, 1.82) is 0 Å². The molecule has 0 aliphatic heterocycles. The van der Waals surface area contributed by atoms with Crippen molar-refractivity contribution >= 4 is 21.9 Å². The van der Waals surface area contributed by atoms with Gasteiger partial charge >= 0.3 is 0 Å². The highest BCUT2D eigenvalue weighted by atomic mass is 19.1. The molecule has 0 aliphatic carbocycles. The first-order chi connectivity index (χ1) is 19.1. The van der Waals surface area contributed by atoms with E-state index < -0.39 is 11.6 Å². The summed E-state index contributed by atoms with van der Waals surface area (Å²) in [4.78, 5) is 9.21. The predicted molar refractivity (Wildman–Crippen MR) is 151 cm³/mol. The van der Waals surface area contributed by atoms with Gasteiger partial charge in [0.15, 0.2) is 5.58 Å². The van der Waals surface area contributed by atoms with Gasteiger partial charge in [-0.05, 0) is 81.6 Å². The number of halogens is 2. The Kier molecular flexibility index (Phi) is 5.48. The molecule has 2 heterocycles. The summed E-state index contributed by atoms with van der Waals surface area (Å²) in [6.07, 6.45) is 1.79. The zero-order valence-corrected chi connectivity index (χ0v) is 20.6. The first-order valence-electron chi connectivity index (χ1n) is 12.5. The van der Waals surface area contributed by atoms with Gasteiger partial charge in [-0.3, -0.25) is 4.98 Å². The molecule has 5 heteroatoms. The van der Waals surface area contributed by atoms with E-state index in [9.17, 15) is 8.78 Å². The number of fused-ring (bicyclic) bond motifs is 2. The molecule has 0 amide bonds. The van der Waals surface area contributed by atoms with Crippen molar-refractivity contribution in [1.82, 2.24) is 9.97 Å². The zero-order chi connectivity index (χ0) is 26.3. The van der Waals surface area contributed by atoms with Gasteiger partial charge in [0.2, 0.25) is 5.89 Å². The fraction of sp³-hybridized carbons (Fsp3) is 0. The van der Waals surface area contributed by atoms with E-state index in [1.807, 2.05) is 60.7 Å². The van der Waals surface area contributed by atoms with Gasteiger partial charge in [0.25, 0.3) is 0 Å². The molecule has 3 nitrogen and oxygen atoms in total.